The fourth-order valence-electron chi connectivity index (χ4n) is 2.41. The Morgan fingerprint density at radius 2 is 1.88 bits per heavy atom. The van der Waals surface area contributed by atoms with Gasteiger partial charge in [-0.1, -0.05) is 41.4 Å². The Hall–Kier alpha value is -1.75. The summed E-state index contributed by atoms with van der Waals surface area (Å²) in [6.45, 7) is 2.77. The second-order valence-corrected chi connectivity index (χ2v) is 6.56. The van der Waals surface area contributed by atoms with Crippen LogP contribution in [0.4, 0.5) is 0 Å². The summed E-state index contributed by atoms with van der Waals surface area (Å²) in [7, 11) is 1.64. The van der Waals surface area contributed by atoms with Gasteiger partial charge in [0.1, 0.15) is 5.75 Å². The highest BCUT2D eigenvalue weighted by Crippen LogP contribution is 2.25. The Bertz CT molecular complexity index is 705. The molecule has 2 aromatic rings. The van der Waals surface area contributed by atoms with Gasteiger partial charge in [-0.15, -0.1) is 0 Å². The SMILES string of the molecule is COc1ccc(CCNC(=O)CN[C@@H](C)c2ccc(Cl)cc2Cl)cc1. The van der Waals surface area contributed by atoms with Gasteiger partial charge in [0.05, 0.1) is 13.7 Å². The summed E-state index contributed by atoms with van der Waals surface area (Å²) in [6.07, 6.45) is 0.772. The van der Waals surface area contributed by atoms with Crippen LogP contribution in [0, 0.1) is 0 Å². The number of carbonyl (C=O) groups excluding carboxylic acids is 1. The summed E-state index contributed by atoms with van der Waals surface area (Å²) in [4.78, 5) is 12.0. The minimum atomic E-state index is -0.0505. The third-order valence-electron chi connectivity index (χ3n) is 3.89. The van der Waals surface area contributed by atoms with Crippen molar-refractivity contribution in [1.29, 1.82) is 0 Å². The second-order valence-electron chi connectivity index (χ2n) is 5.72. The Kier molecular flexibility index (Phi) is 7.56. The van der Waals surface area contributed by atoms with Crippen molar-refractivity contribution in [2.45, 2.75) is 19.4 Å². The van der Waals surface area contributed by atoms with E-state index in [0.717, 1.165) is 23.3 Å². The minimum absolute atomic E-state index is 0.0443. The number of hydrogen-bond donors (Lipinski definition) is 2. The normalized spacial score (nSPS) is 11.8. The van der Waals surface area contributed by atoms with Crippen LogP contribution in [0.5, 0.6) is 5.75 Å². The van der Waals surface area contributed by atoms with Crippen molar-refractivity contribution in [3.05, 3.63) is 63.6 Å². The highest BCUT2D eigenvalue weighted by molar-refractivity contribution is 6.35. The average Bonchev–Trinajstić information content (AvgIpc) is 2.60. The monoisotopic (exact) mass is 380 g/mol. The Morgan fingerprint density at radius 3 is 2.52 bits per heavy atom. The topological polar surface area (TPSA) is 50.4 Å². The Morgan fingerprint density at radius 1 is 1.16 bits per heavy atom. The third-order valence-corrected chi connectivity index (χ3v) is 4.46. The van der Waals surface area contributed by atoms with Gasteiger partial charge in [-0.25, -0.2) is 0 Å². The molecule has 2 rings (SSSR count). The average molecular weight is 381 g/mol. The lowest BCUT2D eigenvalue weighted by molar-refractivity contribution is -0.120. The molecule has 0 heterocycles. The zero-order chi connectivity index (χ0) is 18.2. The molecule has 2 N–H and O–H groups in total. The lowest BCUT2D eigenvalue weighted by atomic mass is 10.1. The predicted molar refractivity (Wildman–Crippen MR) is 103 cm³/mol. The molecule has 25 heavy (non-hydrogen) atoms. The van der Waals surface area contributed by atoms with Gasteiger partial charge in [0.15, 0.2) is 0 Å². The van der Waals surface area contributed by atoms with Gasteiger partial charge < -0.3 is 15.4 Å². The van der Waals surface area contributed by atoms with Crippen LogP contribution in [0.15, 0.2) is 42.5 Å². The smallest absolute Gasteiger partial charge is 0.233 e. The Balaban J connectivity index is 1.72. The second kappa shape index (κ2) is 9.66. The number of halogens is 2. The number of carbonyl (C=O) groups is 1. The van der Waals surface area contributed by atoms with Crippen LogP contribution in [0.3, 0.4) is 0 Å². The van der Waals surface area contributed by atoms with Crippen LogP contribution in [0.25, 0.3) is 0 Å². The maximum absolute atomic E-state index is 12.0. The van der Waals surface area contributed by atoms with Crippen LogP contribution >= 0.6 is 23.2 Å². The number of hydrogen-bond acceptors (Lipinski definition) is 3. The molecule has 0 radical (unpaired) electrons. The number of benzene rings is 2. The number of nitrogens with one attached hydrogen (secondary N) is 2. The first-order valence-electron chi connectivity index (χ1n) is 8.07. The molecule has 1 atom stereocenters. The first-order valence-corrected chi connectivity index (χ1v) is 8.83. The molecule has 0 spiro atoms. The molecule has 0 fully saturated rings. The summed E-state index contributed by atoms with van der Waals surface area (Å²) in [5, 5.41) is 7.25. The lowest BCUT2D eigenvalue weighted by Crippen LogP contribution is -2.36. The van der Waals surface area contributed by atoms with Crippen molar-refractivity contribution in [1.82, 2.24) is 10.6 Å². The Labute approximate surface area is 158 Å². The van der Waals surface area contributed by atoms with Crippen molar-refractivity contribution < 1.29 is 9.53 Å². The molecule has 0 aliphatic heterocycles. The van der Waals surface area contributed by atoms with Gasteiger partial charge in [0, 0.05) is 22.6 Å². The van der Waals surface area contributed by atoms with E-state index >= 15 is 0 Å². The summed E-state index contributed by atoms with van der Waals surface area (Å²) < 4.78 is 5.12. The van der Waals surface area contributed by atoms with Gasteiger partial charge in [0.2, 0.25) is 5.91 Å². The van der Waals surface area contributed by atoms with Gasteiger partial charge in [-0.05, 0) is 48.7 Å². The summed E-state index contributed by atoms with van der Waals surface area (Å²) >= 11 is 12.1. The molecular formula is C19H22Cl2N2O2. The van der Waals surface area contributed by atoms with Crippen molar-refractivity contribution >= 4 is 29.1 Å². The fourth-order valence-corrected chi connectivity index (χ4v) is 2.98. The van der Waals surface area contributed by atoms with Gasteiger partial charge in [-0.3, -0.25) is 4.79 Å². The molecule has 0 saturated carbocycles. The maximum atomic E-state index is 12.0. The lowest BCUT2D eigenvalue weighted by Gasteiger charge is -2.16. The van der Waals surface area contributed by atoms with Crippen molar-refractivity contribution in [2.24, 2.45) is 0 Å². The van der Waals surface area contributed by atoms with E-state index in [0.29, 0.717) is 16.6 Å². The predicted octanol–water partition coefficient (Wildman–Crippen LogP) is 4.01. The van der Waals surface area contributed by atoms with E-state index in [9.17, 15) is 4.79 Å². The van der Waals surface area contributed by atoms with Crippen LogP contribution in [0.1, 0.15) is 24.1 Å². The van der Waals surface area contributed by atoms with E-state index in [1.165, 1.54) is 0 Å². The summed E-state index contributed by atoms with van der Waals surface area (Å²) in [5.74, 6) is 0.775. The molecule has 0 saturated heterocycles. The number of amides is 1. The molecular weight excluding hydrogens is 359 g/mol. The summed E-state index contributed by atoms with van der Waals surface area (Å²) in [6, 6.07) is 13.1. The van der Waals surface area contributed by atoms with Gasteiger partial charge in [-0.2, -0.15) is 0 Å². The quantitative estimate of drug-likeness (QED) is 0.727. The number of ether oxygens (including phenoxy) is 1. The van der Waals surface area contributed by atoms with E-state index in [2.05, 4.69) is 10.6 Å². The van der Waals surface area contributed by atoms with E-state index in [-0.39, 0.29) is 18.5 Å². The van der Waals surface area contributed by atoms with Crippen LogP contribution < -0.4 is 15.4 Å². The molecule has 2 aromatic carbocycles. The zero-order valence-corrected chi connectivity index (χ0v) is 15.8. The van der Waals surface area contributed by atoms with Crippen LogP contribution in [-0.2, 0) is 11.2 Å². The molecule has 0 aliphatic carbocycles. The maximum Gasteiger partial charge on any atom is 0.233 e. The van der Waals surface area contributed by atoms with Crippen LogP contribution in [0.2, 0.25) is 10.0 Å². The number of rotatable bonds is 8. The highest BCUT2D eigenvalue weighted by Gasteiger charge is 2.11. The highest BCUT2D eigenvalue weighted by atomic mass is 35.5. The third kappa shape index (κ3) is 6.24. The molecule has 0 unspecified atom stereocenters. The van der Waals surface area contributed by atoms with E-state index in [4.69, 9.17) is 27.9 Å². The minimum Gasteiger partial charge on any atom is -0.497 e. The van der Waals surface area contributed by atoms with Crippen molar-refractivity contribution in [2.75, 3.05) is 20.2 Å². The number of methoxy groups -OCH3 is 1. The van der Waals surface area contributed by atoms with E-state index < -0.39 is 0 Å². The molecule has 0 aliphatic rings. The van der Waals surface area contributed by atoms with Gasteiger partial charge >= 0.3 is 0 Å². The first-order chi connectivity index (χ1) is 12.0. The largest absolute Gasteiger partial charge is 0.497 e. The summed E-state index contributed by atoms with van der Waals surface area (Å²) in [5.41, 5.74) is 2.06. The molecule has 4 nitrogen and oxygen atoms in total. The first kappa shape index (κ1) is 19.6. The van der Waals surface area contributed by atoms with Crippen molar-refractivity contribution in [3.8, 4) is 5.75 Å². The molecule has 6 heteroatoms. The van der Waals surface area contributed by atoms with E-state index in [1.807, 2.05) is 37.3 Å². The fraction of sp³-hybridized carbons (Fsp3) is 0.316. The zero-order valence-electron chi connectivity index (χ0n) is 14.3. The van der Waals surface area contributed by atoms with Crippen molar-refractivity contribution in [3.63, 3.8) is 0 Å². The molecule has 134 valence electrons. The standard InChI is InChI=1S/C19H22Cl2N2O2/c1-13(17-8-5-15(20)11-18(17)21)23-12-19(24)22-10-9-14-3-6-16(25-2)7-4-14/h3-8,11,13,23H,9-10,12H2,1-2H3,(H,22,24)/t13-/m0/s1. The van der Waals surface area contributed by atoms with Crippen LogP contribution in [-0.4, -0.2) is 26.1 Å². The molecule has 1 amide bonds. The van der Waals surface area contributed by atoms with E-state index in [1.54, 1.807) is 19.2 Å². The molecule has 0 bridgehead atoms. The molecule has 0 aromatic heterocycles. The van der Waals surface area contributed by atoms with Gasteiger partial charge in [0.25, 0.3) is 0 Å².